The fraction of sp³-hybridized carbons (Fsp3) is 1.00. The van der Waals surface area contributed by atoms with E-state index in [9.17, 15) is 0 Å². The van der Waals surface area contributed by atoms with Crippen molar-refractivity contribution in [2.75, 3.05) is 26.3 Å². The zero-order chi connectivity index (χ0) is 7.56. The molecular weight excluding hydrogens is 124 g/mol. The Balaban J connectivity index is 2.36. The molecular formula is C8H18N2. The van der Waals surface area contributed by atoms with Crippen molar-refractivity contribution < 1.29 is 0 Å². The van der Waals surface area contributed by atoms with E-state index in [1.165, 1.54) is 26.3 Å². The molecule has 2 heteroatoms. The summed E-state index contributed by atoms with van der Waals surface area (Å²) in [6.45, 7) is 11.6. The van der Waals surface area contributed by atoms with E-state index in [4.69, 9.17) is 0 Å². The van der Waals surface area contributed by atoms with Gasteiger partial charge in [0.05, 0.1) is 6.67 Å². The van der Waals surface area contributed by atoms with E-state index in [0.29, 0.717) is 0 Å². The van der Waals surface area contributed by atoms with Crippen molar-refractivity contribution in [1.29, 1.82) is 0 Å². The largest absolute Gasteiger partial charge is 0.289 e. The molecule has 0 aromatic heterocycles. The van der Waals surface area contributed by atoms with Crippen LogP contribution in [-0.4, -0.2) is 42.1 Å². The topological polar surface area (TPSA) is 6.48 Å². The highest BCUT2D eigenvalue weighted by atomic mass is 15.4. The van der Waals surface area contributed by atoms with E-state index < -0.39 is 0 Å². The van der Waals surface area contributed by atoms with E-state index in [0.717, 1.165) is 6.04 Å². The van der Waals surface area contributed by atoms with Crippen LogP contribution in [-0.2, 0) is 0 Å². The molecule has 0 amide bonds. The predicted molar refractivity (Wildman–Crippen MR) is 44.0 cm³/mol. The van der Waals surface area contributed by atoms with E-state index in [1.54, 1.807) is 0 Å². The molecule has 1 aliphatic rings. The second-order valence-electron chi connectivity index (χ2n) is 3.07. The van der Waals surface area contributed by atoms with Gasteiger partial charge in [0.15, 0.2) is 0 Å². The minimum Gasteiger partial charge on any atom is -0.289 e. The second kappa shape index (κ2) is 3.35. The van der Waals surface area contributed by atoms with Gasteiger partial charge in [0.25, 0.3) is 0 Å². The summed E-state index contributed by atoms with van der Waals surface area (Å²) in [6.07, 6.45) is 0. The minimum atomic E-state index is 0.768. The number of hydrogen-bond donors (Lipinski definition) is 0. The van der Waals surface area contributed by atoms with Gasteiger partial charge in [0, 0.05) is 12.6 Å². The van der Waals surface area contributed by atoms with E-state index >= 15 is 0 Å². The van der Waals surface area contributed by atoms with Crippen LogP contribution in [0.3, 0.4) is 0 Å². The third kappa shape index (κ3) is 1.50. The van der Waals surface area contributed by atoms with Crippen LogP contribution in [0.15, 0.2) is 0 Å². The van der Waals surface area contributed by atoms with Gasteiger partial charge in [-0.05, 0) is 20.0 Å². The lowest BCUT2D eigenvalue weighted by atomic mass is 10.3. The summed E-state index contributed by atoms with van der Waals surface area (Å²) in [7, 11) is 0. The van der Waals surface area contributed by atoms with Crippen LogP contribution in [0, 0.1) is 0 Å². The van der Waals surface area contributed by atoms with Gasteiger partial charge in [-0.1, -0.05) is 13.8 Å². The standard InChI is InChI=1S/C8H18N2/c1-4-9-6-8(3)10(5-2)7-9/h8H,4-7H2,1-3H3. The molecule has 1 fully saturated rings. The first-order valence-electron chi connectivity index (χ1n) is 4.24. The van der Waals surface area contributed by atoms with Crippen molar-refractivity contribution in [3.63, 3.8) is 0 Å². The van der Waals surface area contributed by atoms with Gasteiger partial charge < -0.3 is 0 Å². The molecule has 0 aromatic rings. The Kier molecular flexibility index (Phi) is 2.69. The van der Waals surface area contributed by atoms with Crippen LogP contribution < -0.4 is 0 Å². The highest BCUT2D eigenvalue weighted by molar-refractivity contribution is 4.77. The average molecular weight is 142 g/mol. The average Bonchev–Trinajstić information content (AvgIpc) is 2.30. The molecule has 1 saturated heterocycles. The minimum absolute atomic E-state index is 0.768. The number of nitrogens with zero attached hydrogens (tertiary/aromatic N) is 2. The molecule has 0 N–H and O–H groups in total. The first kappa shape index (κ1) is 8.02. The van der Waals surface area contributed by atoms with Gasteiger partial charge in [0.1, 0.15) is 0 Å². The quantitative estimate of drug-likeness (QED) is 0.567. The Morgan fingerprint density at radius 3 is 2.30 bits per heavy atom. The van der Waals surface area contributed by atoms with E-state index in [1.807, 2.05) is 0 Å². The Morgan fingerprint density at radius 1 is 1.30 bits per heavy atom. The highest BCUT2D eigenvalue weighted by Crippen LogP contribution is 2.10. The lowest BCUT2D eigenvalue weighted by Gasteiger charge is -2.16. The van der Waals surface area contributed by atoms with Gasteiger partial charge in [-0.15, -0.1) is 0 Å². The van der Waals surface area contributed by atoms with E-state index in [-0.39, 0.29) is 0 Å². The van der Waals surface area contributed by atoms with Gasteiger partial charge in [0.2, 0.25) is 0 Å². The van der Waals surface area contributed by atoms with Crippen LogP contribution >= 0.6 is 0 Å². The molecule has 0 saturated carbocycles. The van der Waals surface area contributed by atoms with Crippen molar-refractivity contribution in [3.8, 4) is 0 Å². The molecule has 0 bridgehead atoms. The normalized spacial score (nSPS) is 29.7. The van der Waals surface area contributed by atoms with Crippen molar-refractivity contribution in [3.05, 3.63) is 0 Å². The Labute approximate surface area is 63.8 Å². The Morgan fingerprint density at radius 2 is 2.00 bits per heavy atom. The van der Waals surface area contributed by atoms with Gasteiger partial charge in [-0.2, -0.15) is 0 Å². The fourth-order valence-corrected chi connectivity index (χ4v) is 1.58. The Hall–Kier alpha value is -0.0800. The van der Waals surface area contributed by atoms with Crippen molar-refractivity contribution in [2.24, 2.45) is 0 Å². The lowest BCUT2D eigenvalue weighted by molar-refractivity contribution is 0.242. The molecule has 1 heterocycles. The van der Waals surface area contributed by atoms with Crippen LogP contribution in [0.25, 0.3) is 0 Å². The summed E-state index contributed by atoms with van der Waals surface area (Å²) in [5, 5.41) is 0. The molecule has 0 aromatic carbocycles. The van der Waals surface area contributed by atoms with Crippen molar-refractivity contribution in [1.82, 2.24) is 9.80 Å². The fourth-order valence-electron chi connectivity index (χ4n) is 1.58. The van der Waals surface area contributed by atoms with Crippen molar-refractivity contribution in [2.45, 2.75) is 26.8 Å². The molecule has 1 atom stereocenters. The molecule has 2 nitrogen and oxygen atoms in total. The third-order valence-corrected chi connectivity index (χ3v) is 2.38. The van der Waals surface area contributed by atoms with E-state index in [2.05, 4.69) is 30.6 Å². The SMILES string of the molecule is CCN1CC(C)N(CC)C1. The number of rotatable bonds is 2. The molecule has 60 valence electrons. The van der Waals surface area contributed by atoms with Gasteiger partial charge in [-0.3, -0.25) is 9.80 Å². The first-order valence-corrected chi connectivity index (χ1v) is 4.24. The summed E-state index contributed by atoms with van der Waals surface area (Å²) in [6, 6.07) is 0.768. The maximum Gasteiger partial charge on any atom is 0.0509 e. The number of hydrogen-bond acceptors (Lipinski definition) is 2. The molecule has 10 heavy (non-hydrogen) atoms. The summed E-state index contributed by atoms with van der Waals surface area (Å²) in [5.74, 6) is 0. The molecule has 0 radical (unpaired) electrons. The number of likely N-dealkylation sites (N-methyl/N-ethyl adjacent to an activating group) is 2. The molecule has 1 rings (SSSR count). The predicted octanol–water partition coefficient (Wildman–Crippen LogP) is 0.990. The second-order valence-corrected chi connectivity index (χ2v) is 3.07. The molecule has 0 aliphatic carbocycles. The summed E-state index contributed by atoms with van der Waals surface area (Å²) in [5.41, 5.74) is 0. The molecule has 1 aliphatic heterocycles. The lowest BCUT2D eigenvalue weighted by Crippen LogP contribution is -2.28. The first-order chi connectivity index (χ1) is 4.77. The maximum absolute atomic E-state index is 2.50. The summed E-state index contributed by atoms with van der Waals surface area (Å²) < 4.78 is 0. The van der Waals surface area contributed by atoms with Crippen LogP contribution in [0.2, 0.25) is 0 Å². The summed E-state index contributed by atoms with van der Waals surface area (Å²) >= 11 is 0. The highest BCUT2D eigenvalue weighted by Gasteiger charge is 2.23. The Bertz CT molecular complexity index is 103. The zero-order valence-corrected chi connectivity index (χ0v) is 7.30. The maximum atomic E-state index is 2.50. The van der Waals surface area contributed by atoms with Crippen LogP contribution in [0.1, 0.15) is 20.8 Å². The monoisotopic (exact) mass is 142 g/mol. The van der Waals surface area contributed by atoms with Gasteiger partial charge >= 0.3 is 0 Å². The van der Waals surface area contributed by atoms with Crippen molar-refractivity contribution >= 4 is 0 Å². The molecule has 1 unspecified atom stereocenters. The summed E-state index contributed by atoms with van der Waals surface area (Å²) in [4.78, 5) is 4.98. The van der Waals surface area contributed by atoms with Crippen LogP contribution in [0.4, 0.5) is 0 Å². The zero-order valence-electron chi connectivity index (χ0n) is 7.30. The van der Waals surface area contributed by atoms with Crippen LogP contribution in [0.5, 0.6) is 0 Å². The molecule has 0 spiro atoms. The van der Waals surface area contributed by atoms with Gasteiger partial charge in [-0.25, -0.2) is 0 Å². The smallest absolute Gasteiger partial charge is 0.0509 e. The third-order valence-electron chi connectivity index (χ3n) is 2.38.